The first kappa shape index (κ1) is 20.9. The topological polar surface area (TPSA) is 57.1 Å². The molecule has 0 spiro atoms. The molecule has 29 heavy (non-hydrogen) atoms. The van der Waals surface area contributed by atoms with Crippen LogP contribution in [0.5, 0.6) is 11.5 Å². The molecule has 3 rings (SSSR count). The Labute approximate surface area is 172 Å². The molecular weight excluding hydrogens is 366 g/mol. The average molecular weight is 395 g/mol. The molecule has 0 aliphatic heterocycles. The Kier molecular flexibility index (Phi) is 6.57. The predicted molar refractivity (Wildman–Crippen MR) is 113 cm³/mol. The van der Waals surface area contributed by atoms with Gasteiger partial charge in [0, 0.05) is 12.1 Å². The molecule has 0 bridgehead atoms. The zero-order valence-electron chi connectivity index (χ0n) is 17.5. The molecule has 5 nitrogen and oxygen atoms in total. The number of carbonyl (C=O) groups excluding carboxylic acids is 1. The molecule has 0 radical (unpaired) electrons. The van der Waals surface area contributed by atoms with Gasteiger partial charge in [0.15, 0.2) is 0 Å². The number of esters is 1. The molecule has 1 aliphatic carbocycles. The second kappa shape index (κ2) is 9.12. The standard InChI is InChI=1S/C24H29NO4/c1-17(2)15-28-25-14-21-22(24(21,3)4)23(26)27-16-18-9-8-12-20(13-18)29-19-10-6-5-7-11-19/h5-14,17,21-22H,15-16H2,1-4H3/b25-14-/t21-,22-/m0/s1. The minimum atomic E-state index is -0.204. The van der Waals surface area contributed by atoms with Crippen LogP contribution in [0, 0.1) is 23.2 Å². The van der Waals surface area contributed by atoms with Gasteiger partial charge in [-0.05, 0) is 41.2 Å². The van der Waals surface area contributed by atoms with Crippen molar-refractivity contribution in [3.8, 4) is 11.5 Å². The highest BCUT2D eigenvalue weighted by Gasteiger charge is 2.62. The maximum Gasteiger partial charge on any atom is 0.310 e. The van der Waals surface area contributed by atoms with E-state index in [0.29, 0.717) is 18.3 Å². The highest BCUT2D eigenvalue weighted by Crippen LogP contribution is 2.57. The molecule has 0 saturated heterocycles. The fraction of sp³-hybridized carbons (Fsp3) is 0.417. The molecule has 2 atom stereocenters. The van der Waals surface area contributed by atoms with Crippen molar-refractivity contribution in [3.05, 3.63) is 60.2 Å². The molecule has 0 amide bonds. The number of oxime groups is 1. The van der Waals surface area contributed by atoms with Crippen molar-refractivity contribution in [2.45, 2.75) is 34.3 Å². The lowest BCUT2D eigenvalue weighted by Gasteiger charge is -2.09. The fourth-order valence-corrected chi connectivity index (χ4v) is 3.27. The molecule has 2 aromatic rings. The Balaban J connectivity index is 1.52. The maximum atomic E-state index is 12.6. The van der Waals surface area contributed by atoms with E-state index in [0.717, 1.165) is 11.3 Å². The van der Waals surface area contributed by atoms with Crippen LogP contribution in [-0.2, 0) is 21.0 Å². The van der Waals surface area contributed by atoms with Crippen LogP contribution < -0.4 is 4.74 Å². The summed E-state index contributed by atoms with van der Waals surface area (Å²) in [6.45, 7) is 9.01. The van der Waals surface area contributed by atoms with Gasteiger partial charge < -0.3 is 14.3 Å². The first-order valence-corrected chi connectivity index (χ1v) is 10.0. The van der Waals surface area contributed by atoms with E-state index in [4.69, 9.17) is 14.3 Å². The van der Waals surface area contributed by atoms with E-state index in [1.807, 2.05) is 68.4 Å². The number of carbonyl (C=O) groups is 1. The summed E-state index contributed by atoms with van der Waals surface area (Å²) in [5.41, 5.74) is 0.718. The van der Waals surface area contributed by atoms with E-state index in [-0.39, 0.29) is 29.8 Å². The van der Waals surface area contributed by atoms with Gasteiger partial charge in [-0.3, -0.25) is 4.79 Å². The summed E-state index contributed by atoms with van der Waals surface area (Å²) in [7, 11) is 0. The Bertz CT molecular complexity index is 845. The van der Waals surface area contributed by atoms with Gasteiger partial charge in [-0.1, -0.05) is 63.2 Å². The van der Waals surface area contributed by atoms with Crippen LogP contribution in [0.2, 0.25) is 0 Å². The van der Waals surface area contributed by atoms with Crippen molar-refractivity contribution in [3.63, 3.8) is 0 Å². The summed E-state index contributed by atoms with van der Waals surface area (Å²) in [4.78, 5) is 17.8. The fourth-order valence-electron chi connectivity index (χ4n) is 3.27. The van der Waals surface area contributed by atoms with Crippen LogP contribution in [0.4, 0.5) is 0 Å². The first-order valence-electron chi connectivity index (χ1n) is 10.0. The van der Waals surface area contributed by atoms with Crippen molar-refractivity contribution in [1.29, 1.82) is 0 Å². The number of nitrogens with zero attached hydrogens (tertiary/aromatic N) is 1. The molecule has 2 aromatic carbocycles. The molecule has 0 heterocycles. The lowest BCUT2D eigenvalue weighted by Crippen LogP contribution is -2.10. The smallest absolute Gasteiger partial charge is 0.310 e. The molecule has 0 N–H and O–H groups in total. The number of benzene rings is 2. The van der Waals surface area contributed by atoms with Gasteiger partial charge in [0.05, 0.1) is 5.92 Å². The monoisotopic (exact) mass is 395 g/mol. The average Bonchev–Trinajstić information content (AvgIpc) is 3.25. The highest BCUT2D eigenvalue weighted by molar-refractivity contribution is 5.85. The molecule has 5 heteroatoms. The van der Waals surface area contributed by atoms with Crippen LogP contribution in [0.25, 0.3) is 0 Å². The highest BCUT2D eigenvalue weighted by atomic mass is 16.6. The van der Waals surface area contributed by atoms with Crippen LogP contribution in [0.3, 0.4) is 0 Å². The zero-order valence-corrected chi connectivity index (χ0v) is 17.5. The van der Waals surface area contributed by atoms with E-state index in [1.54, 1.807) is 6.21 Å². The molecule has 1 fully saturated rings. The number of rotatable bonds is 9. The van der Waals surface area contributed by atoms with Crippen molar-refractivity contribution >= 4 is 12.2 Å². The number of para-hydroxylation sites is 1. The Morgan fingerprint density at radius 2 is 1.83 bits per heavy atom. The summed E-state index contributed by atoms with van der Waals surface area (Å²) in [5.74, 6) is 1.53. The van der Waals surface area contributed by atoms with E-state index in [2.05, 4.69) is 19.0 Å². The largest absolute Gasteiger partial charge is 0.461 e. The van der Waals surface area contributed by atoms with Crippen molar-refractivity contribution < 1.29 is 19.1 Å². The minimum absolute atomic E-state index is 0.0370. The van der Waals surface area contributed by atoms with Crippen LogP contribution in [-0.4, -0.2) is 18.8 Å². The van der Waals surface area contributed by atoms with E-state index < -0.39 is 0 Å². The van der Waals surface area contributed by atoms with Gasteiger partial charge >= 0.3 is 5.97 Å². The third-order valence-electron chi connectivity index (χ3n) is 5.13. The van der Waals surface area contributed by atoms with Crippen LogP contribution >= 0.6 is 0 Å². The number of hydrogen-bond donors (Lipinski definition) is 0. The SMILES string of the molecule is CC(C)CO/N=C\[C@H]1[C@@H](C(=O)OCc2cccc(Oc3ccccc3)c2)C1(C)C. The molecular formula is C24H29NO4. The van der Waals surface area contributed by atoms with Crippen LogP contribution in [0.1, 0.15) is 33.3 Å². The number of ether oxygens (including phenoxy) is 2. The van der Waals surface area contributed by atoms with Gasteiger partial charge in [-0.2, -0.15) is 0 Å². The van der Waals surface area contributed by atoms with Gasteiger partial charge in [0.25, 0.3) is 0 Å². The first-order chi connectivity index (χ1) is 13.9. The molecule has 1 aliphatic rings. The summed E-state index contributed by atoms with van der Waals surface area (Å²) < 4.78 is 11.4. The minimum Gasteiger partial charge on any atom is -0.461 e. The van der Waals surface area contributed by atoms with E-state index in [9.17, 15) is 4.79 Å². The lowest BCUT2D eigenvalue weighted by molar-refractivity contribution is -0.147. The maximum absolute atomic E-state index is 12.6. The van der Waals surface area contributed by atoms with Gasteiger partial charge in [0.2, 0.25) is 0 Å². The van der Waals surface area contributed by atoms with Crippen LogP contribution in [0.15, 0.2) is 59.8 Å². The Morgan fingerprint density at radius 1 is 1.10 bits per heavy atom. The van der Waals surface area contributed by atoms with Gasteiger partial charge in [-0.15, -0.1) is 0 Å². The number of hydrogen-bond acceptors (Lipinski definition) is 5. The van der Waals surface area contributed by atoms with Crippen molar-refractivity contribution in [2.24, 2.45) is 28.3 Å². The summed E-state index contributed by atoms with van der Waals surface area (Å²) in [6.07, 6.45) is 1.74. The van der Waals surface area contributed by atoms with E-state index in [1.165, 1.54) is 0 Å². The van der Waals surface area contributed by atoms with Gasteiger partial charge in [0.1, 0.15) is 24.7 Å². The summed E-state index contributed by atoms with van der Waals surface area (Å²) in [5, 5.41) is 4.02. The van der Waals surface area contributed by atoms with Crippen molar-refractivity contribution in [2.75, 3.05) is 6.61 Å². The summed E-state index contributed by atoms with van der Waals surface area (Å²) in [6, 6.07) is 17.2. The second-order valence-electron chi connectivity index (χ2n) is 8.44. The zero-order chi connectivity index (χ0) is 20.9. The molecule has 0 aromatic heterocycles. The molecule has 154 valence electrons. The third kappa shape index (κ3) is 5.59. The predicted octanol–water partition coefficient (Wildman–Crippen LogP) is 5.45. The van der Waals surface area contributed by atoms with Crippen molar-refractivity contribution in [1.82, 2.24) is 0 Å². The molecule has 1 saturated carbocycles. The Hall–Kier alpha value is -2.82. The lowest BCUT2D eigenvalue weighted by atomic mass is 10.1. The van der Waals surface area contributed by atoms with Gasteiger partial charge in [-0.25, -0.2) is 0 Å². The quantitative estimate of drug-likeness (QED) is 0.322. The second-order valence-corrected chi connectivity index (χ2v) is 8.44. The Morgan fingerprint density at radius 3 is 2.55 bits per heavy atom. The van der Waals surface area contributed by atoms with E-state index >= 15 is 0 Å². The summed E-state index contributed by atoms with van der Waals surface area (Å²) >= 11 is 0. The normalized spacial score (nSPS) is 19.9. The third-order valence-corrected chi connectivity index (χ3v) is 5.13. The molecule has 0 unspecified atom stereocenters.